The molecule has 2 heterocycles. The maximum atomic E-state index is 13.2. The van der Waals surface area contributed by atoms with Crippen LogP contribution in [0.3, 0.4) is 0 Å². The van der Waals surface area contributed by atoms with Crippen LogP contribution in [0.1, 0.15) is 120 Å². The maximum Gasteiger partial charge on any atom is 0.328 e. The summed E-state index contributed by atoms with van der Waals surface area (Å²) in [6, 6.07) is 0. The van der Waals surface area contributed by atoms with Gasteiger partial charge in [0.05, 0.1) is 18.1 Å². The third kappa shape index (κ3) is 6.73. The predicted octanol–water partition coefficient (Wildman–Crippen LogP) is 6.00. The number of sulfone groups is 1. The van der Waals surface area contributed by atoms with Crippen LogP contribution in [0.2, 0.25) is 0 Å². The molecule has 2 saturated heterocycles. The minimum atomic E-state index is -2.84. The van der Waals surface area contributed by atoms with Crippen molar-refractivity contribution < 1.29 is 23.1 Å². The van der Waals surface area contributed by atoms with Gasteiger partial charge < -0.3 is 20.6 Å². The summed E-state index contributed by atoms with van der Waals surface area (Å²) in [5.74, 6) is 2.45. The van der Waals surface area contributed by atoms with Crippen molar-refractivity contribution in [2.24, 2.45) is 51.2 Å². The number of rotatable bonds is 11. The summed E-state index contributed by atoms with van der Waals surface area (Å²) in [6.45, 7) is 28.2. The SMILES string of the molecule is C=C(C)C1CC[C@]2(CNCCCN3CCS(=O)(=O)CC3)CC[C@]3(C)[C@H](CC[C@@H]4[C@@]5(C)CCN(CC(=O)NC(C)(C)C(=O)O)C(C)(C)[C@@H]5CC[C@]43C)[C@@H]12. The van der Waals surface area contributed by atoms with E-state index in [1.54, 1.807) is 13.8 Å². The van der Waals surface area contributed by atoms with Gasteiger partial charge in [0.1, 0.15) is 5.54 Å². The molecule has 296 valence electrons. The standard InChI is InChI=1S/C42H72N4O5S/c1-29(2)30-13-16-42(28-43-20-10-21-45-23-25-52(50,51)26-24-45)18-17-40(8)31(35(30)42)11-12-33-39(7)19-22-46(27-34(47)44-37(3,4)36(48)49)38(5,6)32(39)14-15-41(33,40)9/h30-33,35,43H,1,10-28H2,2-9H3,(H,44,47)(H,48,49)/t30?,31-,32+,33-,35-,39+,40-,41-,42-/m1/s1. The van der Waals surface area contributed by atoms with Crippen molar-refractivity contribution in [1.29, 1.82) is 0 Å². The van der Waals surface area contributed by atoms with Crippen LogP contribution in [-0.4, -0.2) is 104 Å². The molecule has 0 spiro atoms. The minimum Gasteiger partial charge on any atom is -0.480 e. The third-order valence-corrected chi connectivity index (χ3v) is 18.8. The molecular weight excluding hydrogens is 673 g/mol. The number of fused-ring (bicyclic) bond motifs is 7. The number of piperidine rings is 1. The predicted molar refractivity (Wildman–Crippen MR) is 209 cm³/mol. The number of carboxylic acid groups (broad SMARTS) is 1. The first-order chi connectivity index (χ1) is 24.1. The van der Waals surface area contributed by atoms with E-state index in [0.29, 0.717) is 59.6 Å². The largest absolute Gasteiger partial charge is 0.480 e. The number of carboxylic acids is 1. The highest BCUT2D eigenvalue weighted by Crippen LogP contribution is 2.76. The van der Waals surface area contributed by atoms with E-state index < -0.39 is 21.3 Å². The Morgan fingerprint density at radius 3 is 2.23 bits per heavy atom. The molecule has 0 aromatic rings. The van der Waals surface area contributed by atoms with E-state index in [-0.39, 0.29) is 34.2 Å². The van der Waals surface area contributed by atoms with Crippen molar-refractivity contribution in [1.82, 2.24) is 20.4 Å². The molecular formula is C42H72N4O5S. The summed E-state index contributed by atoms with van der Waals surface area (Å²) in [7, 11) is -2.84. The molecule has 3 N–H and O–H groups in total. The van der Waals surface area contributed by atoms with Gasteiger partial charge in [-0.05, 0) is 170 Å². The van der Waals surface area contributed by atoms with Crippen LogP contribution >= 0.6 is 0 Å². The van der Waals surface area contributed by atoms with Gasteiger partial charge in [-0.2, -0.15) is 0 Å². The van der Waals surface area contributed by atoms with Crippen LogP contribution in [-0.2, 0) is 19.4 Å². The van der Waals surface area contributed by atoms with Gasteiger partial charge in [0.15, 0.2) is 9.84 Å². The van der Waals surface area contributed by atoms with Crippen LogP contribution in [0.15, 0.2) is 12.2 Å². The van der Waals surface area contributed by atoms with Crippen LogP contribution in [0, 0.1) is 51.2 Å². The highest BCUT2D eigenvalue weighted by Gasteiger charge is 2.70. The van der Waals surface area contributed by atoms with Crippen molar-refractivity contribution in [2.45, 2.75) is 131 Å². The molecule has 9 nitrogen and oxygen atoms in total. The van der Waals surface area contributed by atoms with Crippen LogP contribution < -0.4 is 10.6 Å². The average Bonchev–Trinajstić information content (AvgIpc) is 3.43. The first kappa shape index (κ1) is 40.2. The van der Waals surface area contributed by atoms with Gasteiger partial charge in [0, 0.05) is 25.2 Å². The summed E-state index contributed by atoms with van der Waals surface area (Å²) in [6.07, 6.45) is 12.2. The van der Waals surface area contributed by atoms with Gasteiger partial charge in [-0.15, -0.1) is 0 Å². The van der Waals surface area contributed by atoms with Gasteiger partial charge in [0.2, 0.25) is 5.91 Å². The molecule has 52 heavy (non-hydrogen) atoms. The zero-order valence-corrected chi connectivity index (χ0v) is 34.7. The van der Waals surface area contributed by atoms with Gasteiger partial charge in [-0.3, -0.25) is 9.69 Å². The lowest BCUT2D eigenvalue weighted by Crippen LogP contribution is -2.70. The molecule has 6 fully saturated rings. The summed E-state index contributed by atoms with van der Waals surface area (Å²) in [5.41, 5.74) is 0.969. The van der Waals surface area contributed by atoms with E-state index in [2.05, 4.69) is 68.6 Å². The molecule has 6 aliphatic rings. The monoisotopic (exact) mass is 745 g/mol. The Kier molecular flexibility index (Phi) is 10.8. The van der Waals surface area contributed by atoms with E-state index in [1.165, 1.54) is 56.9 Å². The fourth-order valence-corrected chi connectivity index (χ4v) is 15.3. The highest BCUT2D eigenvalue weighted by atomic mass is 32.2. The van der Waals surface area contributed by atoms with Crippen LogP contribution in [0.5, 0.6) is 0 Å². The van der Waals surface area contributed by atoms with E-state index in [9.17, 15) is 23.1 Å². The smallest absolute Gasteiger partial charge is 0.328 e. The van der Waals surface area contributed by atoms with Crippen molar-refractivity contribution in [3.63, 3.8) is 0 Å². The Morgan fingerprint density at radius 2 is 1.58 bits per heavy atom. The molecule has 2 aliphatic heterocycles. The summed E-state index contributed by atoms with van der Waals surface area (Å²) in [4.78, 5) is 29.5. The maximum absolute atomic E-state index is 13.2. The number of allylic oxidation sites excluding steroid dienone is 1. The summed E-state index contributed by atoms with van der Waals surface area (Å²) in [5, 5.41) is 16.3. The molecule has 0 bridgehead atoms. The Balaban J connectivity index is 1.16. The summed E-state index contributed by atoms with van der Waals surface area (Å²) >= 11 is 0. The topological polar surface area (TPSA) is 119 Å². The van der Waals surface area contributed by atoms with Gasteiger partial charge in [-0.25, -0.2) is 13.2 Å². The molecule has 0 aromatic carbocycles. The number of nitrogens with one attached hydrogen (secondary N) is 2. The number of nitrogens with zero attached hydrogens (tertiary/aromatic N) is 2. The molecule has 1 unspecified atom stereocenters. The van der Waals surface area contributed by atoms with Gasteiger partial charge in [-0.1, -0.05) is 32.9 Å². The minimum absolute atomic E-state index is 0.160. The first-order valence-corrected chi connectivity index (χ1v) is 22.5. The summed E-state index contributed by atoms with van der Waals surface area (Å²) < 4.78 is 23.7. The lowest BCUT2D eigenvalue weighted by atomic mass is 9.33. The zero-order chi connectivity index (χ0) is 38.1. The lowest BCUT2D eigenvalue weighted by molar-refractivity contribution is -0.241. The number of hydrogen-bond acceptors (Lipinski definition) is 7. The molecule has 6 rings (SSSR count). The van der Waals surface area contributed by atoms with E-state index in [4.69, 9.17) is 0 Å². The lowest BCUT2D eigenvalue weighted by Gasteiger charge is -2.73. The molecule has 10 heteroatoms. The third-order valence-electron chi connectivity index (χ3n) is 17.2. The molecule has 0 radical (unpaired) electrons. The first-order valence-electron chi connectivity index (χ1n) is 20.7. The van der Waals surface area contributed by atoms with Crippen molar-refractivity contribution >= 4 is 21.7 Å². The Hall–Kier alpha value is -1.49. The molecule has 4 saturated carbocycles. The van der Waals surface area contributed by atoms with Gasteiger partial charge in [0.25, 0.3) is 0 Å². The van der Waals surface area contributed by atoms with Crippen LogP contribution in [0.25, 0.3) is 0 Å². The Bertz CT molecular complexity index is 1500. The highest BCUT2D eigenvalue weighted by molar-refractivity contribution is 7.91. The Labute approximate surface area is 315 Å². The fourth-order valence-electron chi connectivity index (χ4n) is 14.0. The fraction of sp³-hybridized carbons (Fsp3) is 0.905. The molecule has 9 atom stereocenters. The van der Waals surface area contributed by atoms with Crippen molar-refractivity contribution in [3.05, 3.63) is 12.2 Å². The second-order valence-corrected chi connectivity index (χ2v) is 22.7. The number of hydrogen-bond donors (Lipinski definition) is 3. The van der Waals surface area contributed by atoms with Crippen molar-refractivity contribution in [2.75, 3.05) is 57.3 Å². The van der Waals surface area contributed by atoms with Crippen molar-refractivity contribution in [3.8, 4) is 0 Å². The van der Waals surface area contributed by atoms with E-state index in [0.717, 1.165) is 39.0 Å². The van der Waals surface area contributed by atoms with E-state index >= 15 is 0 Å². The molecule has 0 aromatic heterocycles. The quantitative estimate of drug-likeness (QED) is 0.174. The second kappa shape index (κ2) is 13.9. The second-order valence-electron chi connectivity index (χ2n) is 20.4. The number of likely N-dealkylation sites (tertiary alicyclic amines) is 1. The Morgan fingerprint density at radius 1 is 0.885 bits per heavy atom. The van der Waals surface area contributed by atoms with Gasteiger partial charge >= 0.3 is 5.97 Å². The number of amides is 1. The molecule has 1 amide bonds. The normalized spacial score (nSPS) is 41.6. The van der Waals surface area contributed by atoms with Crippen LogP contribution in [0.4, 0.5) is 0 Å². The average molecular weight is 745 g/mol. The molecule has 4 aliphatic carbocycles. The van der Waals surface area contributed by atoms with E-state index in [1.807, 2.05) is 0 Å². The number of carbonyl (C=O) groups is 2. The zero-order valence-electron chi connectivity index (χ0n) is 33.9. The number of aliphatic carboxylic acids is 1. The number of carbonyl (C=O) groups excluding carboxylic acids is 1.